The number of hydrogen-bond donors (Lipinski definition) is 2. The molecule has 3 heterocycles. The van der Waals surface area contributed by atoms with Crippen molar-refractivity contribution in [2.75, 3.05) is 11.9 Å². The summed E-state index contributed by atoms with van der Waals surface area (Å²) < 4.78 is 5.04. The number of hydrogen-bond acceptors (Lipinski definition) is 7. The average Bonchev–Trinajstić information content (AvgIpc) is 3.42. The summed E-state index contributed by atoms with van der Waals surface area (Å²) >= 11 is 3.06. The molecular weight excluding hydrogens is 396 g/mol. The van der Waals surface area contributed by atoms with Crippen LogP contribution in [0.4, 0.5) is 5.13 Å². The molecule has 0 unspecified atom stereocenters. The Morgan fingerprint density at radius 2 is 2.11 bits per heavy atom. The molecule has 9 heteroatoms. The summed E-state index contributed by atoms with van der Waals surface area (Å²) in [5.74, 6) is -0.226. The summed E-state index contributed by atoms with van der Waals surface area (Å²) in [6, 6.07) is 3.23. The van der Waals surface area contributed by atoms with E-state index in [2.05, 4.69) is 15.6 Å². The number of rotatable bonds is 7. The first kappa shape index (κ1) is 18.8. The number of thiazole rings is 2. The summed E-state index contributed by atoms with van der Waals surface area (Å²) in [6.45, 7) is 0.567. The standard InChI is InChI=1S/C19H20N4O3S2/c24-16(20-8-7-17-22-13-4-1-2-6-15(13)28-17)10-12-11-27-19(21-12)23-18(25)14-5-3-9-26-14/h3,5,9,11H,1-2,4,6-8,10H2,(H,20,24)(H,21,23,25). The lowest BCUT2D eigenvalue weighted by molar-refractivity contribution is -0.120. The van der Waals surface area contributed by atoms with Crippen molar-refractivity contribution in [1.29, 1.82) is 0 Å². The third-order valence-corrected chi connectivity index (χ3v) is 6.43. The van der Waals surface area contributed by atoms with Crippen molar-refractivity contribution < 1.29 is 14.0 Å². The summed E-state index contributed by atoms with van der Waals surface area (Å²) in [5, 5.41) is 8.90. The van der Waals surface area contributed by atoms with Gasteiger partial charge in [0.25, 0.3) is 5.91 Å². The van der Waals surface area contributed by atoms with Crippen molar-refractivity contribution >= 4 is 39.6 Å². The Bertz CT molecular complexity index is 938. The minimum absolute atomic E-state index is 0.0875. The van der Waals surface area contributed by atoms with Crippen LogP contribution in [0.15, 0.2) is 28.2 Å². The fraction of sp³-hybridized carbons (Fsp3) is 0.368. The smallest absolute Gasteiger partial charge is 0.293 e. The normalized spacial score (nSPS) is 13.1. The summed E-state index contributed by atoms with van der Waals surface area (Å²) in [5.41, 5.74) is 1.88. The van der Waals surface area contributed by atoms with Crippen LogP contribution in [0.2, 0.25) is 0 Å². The first-order valence-corrected chi connectivity index (χ1v) is 10.9. The minimum atomic E-state index is -0.360. The Balaban J connectivity index is 1.22. The number of carbonyl (C=O) groups excluding carboxylic acids is 2. The van der Waals surface area contributed by atoms with E-state index in [0.29, 0.717) is 17.4 Å². The van der Waals surface area contributed by atoms with Gasteiger partial charge in [-0.3, -0.25) is 14.9 Å². The van der Waals surface area contributed by atoms with Gasteiger partial charge >= 0.3 is 0 Å². The molecule has 0 radical (unpaired) electrons. The van der Waals surface area contributed by atoms with Crippen LogP contribution in [0.5, 0.6) is 0 Å². The maximum Gasteiger partial charge on any atom is 0.293 e. The second kappa shape index (κ2) is 8.66. The molecular formula is C19H20N4O3S2. The van der Waals surface area contributed by atoms with E-state index in [1.54, 1.807) is 28.8 Å². The Morgan fingerprint density at radius 1 is 1.21 bits per heavy atom. The molecule has 1 aliphatic carbocycles. The molecule has 2 amide bonds. The predicted molar refractivity (Wildman–Crippen MR) is 108 cm³/mol. The second-order valence-corrected chi connectivity index (χ2v) is 8.56. The van der Waals surface area contributed by atoms with E-state index in [4.69, 9.17) is 9.40 Å². The van der Waals surface area contributed by atoms with Gasteiger partial charge in [0.05, 0.1) is 29.1 Å². The number of carbonyl (C=O) groups is 2. The van der Waals surface area contributed by atoms with Gasteiger partial charge in [-0.25, -0.2) is 9.97 Å². The number of aromatic nitrogens is 2. The number of nitrogens with zero attached hydrogens (tertiary/aromatic N) is 2. The molecule has 3 aromatic rings. The van der Waals surface area contributed by atoms with Crippen molar-refractivity contribution in [1.82, 2.24) is 15.3 Å². The maximum absolute atomic E-state index is 12.1. The topological polar surface area (TPSA) is 97.1 Å². The lowest BCUT2D eigenvalue weighted by atomic mass is 10.0. The molecule has 0 spiro atoms. The minimum Gasteiger partial charge on any atom is -0.459 e. The van der Waals surface area contributed by atoms with Gasteiger partial charge in [0.2, 0.25) is 5.91 Å². The highest BCUT2D eigenvalue weighted by Gasteiger charge is 2.15. The van der Waals surface area contributed by atoms with Crippen LogP contribution in [0, 0.1) is 0 Å². The van der Waals surface area contributed by atoms with E-state index in [1.165, 1.54) is 41.0 Å². The highest BCUT2D eigenvalue weighted by molar-refractivity contribution is 7.14. The number of fused-ring (bicyclic) bond motifs is 1. The number of amides is 2. The van der Waals surface area contributed by atoms with E-state index in [1.807, 2.05) is 0 Å². The Kier molecular flexibility index (Phi) is 5.82. The lowest BCUT2D eigenvalue weighted by Gasteiger charge is -2.06. The van der Waals surface area contributed by atoms with E-state index in [0.717, 1.165) is 24.3 Å². The van der Waals surface area contributed by atoms with Crippen molar-refractivity contribution in [2.45, 2.75) is 38.5 Å². The highest BCUT2D eigenvalue weighted by atomic mass is 32.1. The number of nitrogens with one attached hydrogen (secondary N) is 2. The van der Waals surface area contributed by atoms with Gasteiger partial charge in [0, 0.05) is 23.2 Å². The fourth-order valence-electron chi connectivity index (χ4n) is 3.06. The Labute approximate surface area is 170 Å². The molecule has 146 valence electrons. The van der Waals surface area contributed by atoms with Gasteiger partial charge in [-0.05, 0) is 37.8 Å². The Hall–Kier alpha value is -2.52. The summed E-state index contributed by atoms with van der Waals surface area (Å²) in [6.07, 6.45) is 7.08. The van der Waals surface area contributed by atoms with Crippen molar-refractivity contribution in [3.8, 4) is 0 Å². The number of furan rings is 1. The summed E-state index contributed by atoms with van der Waals surface area (Å²) in [7, 11) is 0. The van der Waals surface area contributed by atoms with Crippen molar-refractivity contribution in [2.24, 2.45) is 0 Å². The molecule has 0 aliphatic heterocycles. The molecule has 0 aromatic carbocycles. The van der Waals surface area contributed by atoms with Gasteiger partial charge in [-0.2, -0.15) is 0 Å². The molecule has 0 bridgehead atoms. The largest absolute Gasteiger partial charge is 0.459 e. The van der Waals surface area contributed by atoms with E-state index in [-0.39, 0.29) is 24.0 Å². The number of anilines is 1. The zero-order valence-electron chi connectivity index (χ0n) is 15.2. The van der Waals surface area contributed by atoms with Crippen LogP contribution in [0.1, 0.15) is 44.7 Å². The molecule has 0 fully saturated rings. The quantitative estimate of drug-likeness (QED) is 0.616. The molecule has 4 rings (SSSR count). The van der Waals surface area contributed by atoms with Crippen LogP contribution >= 0.6 is 22.7 Å². The molecule has 3 aromatic heterocycles. The second-order valence-electron chi connectivity index (χ2n) is 6.54. The number of aryl methyl sites for hydroxylation is 2. The molecule has 0 atom stereocenters. The maximum atomic E-state index is 12.1. The third-order valence-electron chi connectivity index (χ3n) is 4.41. The molecule has 2 N–H and O–H groups in total. The molecule has 28 heavy (non-hydrogen) atoms. The van der Waals surface area contributed by atoms with Gasteiger partial charge in [-0.1, -0.05) is 0 Å². The van der Waals surface area contributed by atoms with Crippen molar-refractivity contribution in [3.63, 3.8) is 0 Å². The fourth-order valence-corrected chi connectivity index (χ4v) is 4.92. The molecule has 7 nitrogen and oxygen atoms in total. The van der Waals surface area contributed by atoms with E-state index < -0.39 is 0 Å². The van der Waals surface area contributed by atoms with Crippen LogP contribution in [-0.4, -0.2) is 28.3 Å². The zero-order valence-corrected chi connectivity index (χ0v) is 16.8. The van der Waals surface area contributed by atoms with Gasteiger partial charge in [-0.15, -0.1) is 22.7 Å². The van der Waals surface area contributed by atoms with Crippen molar-refractivity contribution in [3.05, 3.63) is 50.8 Å². The molecule has 0 saturated heterocycles. The monoisotopic (exact) mass is 416 g/mol. The van der Waals surface area contributed by atoms with Crippen LogP contribution in [0.25, 0.3) is 0 Å². The Morgan fingerprint density at radius 3 is 2.93 bits per heavy atom. The summed E-state index contributed by atoms with van der Waals surface area (Å²) in [4.78, 5) is 34.5. The van der Waals surface area contributed by atoms with Gasteiger partial charge in [0.1, 0.15) is 0 Å². The lowest BCUT2D eigenvalue weighted by Crippen LogP contribution is -2.27. The highest BCUT2D eigenvalue weighted by Crippen LogP contribution is 2.26. The third kappa shape index (κ3) is 4.66. The van der Waals surface area contributed by atoms with Crippen LogP contribution in [0.3, 0.4) is 0 Å². The first-order valence-electron chi connectivity index (χ1n) is 9.21. The zero-order chi connectivity index (χ0) is 19.3. The van der Waals surface area contributed by atoms with E-state index >= 15 is 0 Å². The van der Waals surface area contributed by atoms with Crippen LogP contribution < -0.4 is 10.6 Å². The van der Waals surface area contributed by atoms with Crippen LogP contribution in [-0.2, 0) is 30.5 Å². The average molecular weight is 417 g/mol. The molecule has 0 saturated carbocycles. The van der Waals surface area contributed by atoms with Gasteiger partial charge in [0.15, 0.2) is 10.9 Å². The molecule has 1 aliphatic rings. The first-order chi connectivity index (χ1) is 13.7. The van der Waals surface area contributed by atoms with Gasteiger partial charge < -0.3 is 9.73 Å². The van der Waals surface area contributed by atoms with E-state index in [9.17, 15) is 9.59 Å². The SMILES string of the molecule is O=C(Cc1csc(NC(=O)c2ccco2)n1)NCCc1nc2c(s1)CCCC2. The predicted octanol–water partition coefficient (Wildman–Crippen LogP) is 3.23.